The fourth-order valence-corrected chi connectivity index (χ4v) is 3.14. The summed E-state index contributed by atoms with van der Waals surface area (Å²) >= 11 is 0. The third-order valence-electron chi connectivity index (χ3n) is 3.94. The standard InChI is InChI=1S/C15H25NO2/c1-5-10-16(11-14(17)18)13-9-7-6-8-12(13)15(2,3)4/h1,12-13H,6-11H2,2-4H3,(H,17,18). The van der Waals surface area contributed by atoms with Crippen LogP contribution in [0.4, 0.5) is 0 Å². The summed E-state index contributed by atoms with van der Waals surface area (Å²) in [6.45, 7) is 7.21. The molecule has 0 heterocycles. The van der Waals surface area contributed by atoms with Crippen LogP contribution in [-0.4, -0.2) is 35.1 Å². The highest BCUT2D eigenvalue weighted by Gasteiger charge is 2.37. The van der Waals surface area contributed by atoms with Crippen LogP contribution in [0, 0.1) is 23.7 Å². The van der Waals surface area contributed by atoms with Gasteiger partial charge in [-0.15, -0.1) is 6.42 Å². The first kappa shape index (κ1) is 15.0. The number of nitrogens with zero attached hydrogens (tertiary/aromatic N) is 1. The van der Waals surface area contributed by atoms with Gasteiger partial charge in [-0.25, -0.2) is 0 Å². The van der Waals surface area contributed by atoms with E-state index in [1.54, 1.807) is 0 Å². The molecule has 0 aromatic carbocycles. The molecule has 0 bridgehead atoms. The Balaban J connectivity index is 2.85. The summed E-state index contributed by atoms with van der Waals surface area (Å²) in [6, 6.07) is 0.311. The van der Waals surface area contributed by atoms with Gasteiger partial charge in [0.1, 0.15) is 0 Å². The maximum atomic E-state index is 11.0. The molecule has 1 aliphatic rings. The Bertz CT molecular complexity index is 324. The van der Waals surface area contributed by atoms with Gasteiger partial charge in [0.2, 0.25) is 0 Å². The molecule has 3 heteroatoms. The molecule has 0 spiro atoms. The van der Waals surface area contributed by atoms with Crippen molar-refractivity contribution in [2.45, 2.75) is 52.5 Å². The highest BCUT2D eigenvalue weighted by Crippen LogP contribution is 2.40. The molecular weight excluding hydrogens is 226 g/mol. The molecule has 0 aromatic heterocycles. The molecule has 2 atom stereocenters. The highest BCUT2D eigenvalue weighted by molar-refractivity contribution is 5.69. The molecule has 18 heavy (non-hydrogen) atoms. The molecule has 1 aliphatic carbocycles. The van der Waals surface area contributed by atoms with Crippen molar-refractivity contribution in [1.29, 1.82) is 0 Å². The van der Waals surface area contributed by atoms with Crippen LogP contribution in [0.15, 0.2) is 0 Å². The maximum Gasteiger partial charge on any atom is 0.317 e. The Morgan fingerprint density at radius 3 is 2.50 bits per heavy atom. The highest BCUT2D eigenvalue weighted by atomic mass is 16.4. The molecule has 0 amide bonds. The lowest BCUT2D eigenvalue weighted by atomic mass is 9.69. The Hall–Kier alpha value is -1.01. The first-order valence-corrected chi connectivity index (χ1v) is 6.75. The summed E-state index contributed by atoms with van der Waals surface area (Å²) < 4.78 is 0. The van der Waals surface area contributed by atoms with Crippen molar-refractivity contribution in [1.82, 2.24) is 4.90 Å². The number of carboxylic acid groups (broad SMARTS) is 1. The van der Waals surface area contributed by atoms with E-state index in [1.165, 1.54) is 19.3 Å². The molecule has 0 radical (unpaired) electrons. The van der Waals surface area contributed by atoms with Crippen molar-refractivity contribution in [2.75, 3.05) is 13.1 Å². The Labute approximate surface area is 111 Å². The summed E-state index contributed by atoms with van der Waals surface area (Å²) in [6.07, 6.45) is 10.0. The van der Waals surface area contributed by atoms with Gasteiger partial charge >= 0.3 is 5.97 Å². The van der Waals surface area contributed by atoms with Crippen LogP contribution in [0.3, 0.4) is 0 Å². The summed E-state index contributed by atoms with van der Waals surface area (Å²) in [5.74, 6) is 2.34. The van der Waals surface area contributed by atoms with Crippen LogP contribution < -0.4 is 0 Å². The van der Waals surface area contributed by atoms with Crippen molar-refractivity contribution >= 4 is 5.97 Å². The lowest BCUT2D eigenvalue weighted by Gasteiger charge is -2.45. The second-order valence-corrected chi connectivity index (χ2v) is 6.33. The normalized spacial score (nSPS) is 24.8. The zero-order chi connectivity index (χ0) is 13.8. The fourth-order valence-electron chi connectivity index (χ4n) is 3.14. The van der Waals surface area contributed by atoms with E-state index < -0.39 is 5.97 Å². The van der Waals surface area contributed by atoms with Crippen molar-refractivity contribution in [2.24, 2.45) is 11.3 Å². The van der Waals surface area contributed by atoms with E-state index in [0.717, 1.165) is 6.42 Å². The summed E-state index contributed by atoms with van der Waals surface area (Å²) in [4.78, 5) is 12.9. The quantitative estimate of drug-likeness (QED) is 0.781. The molecule has 1 fully saturated rings. The average molecular weight is 251 g/mol. The lowest BCUT2D eigenvalue weighted by molar-refractivity contribution is -0.139. The summed E-state index contributed by atoms with van der Waals surface area (Å²) in [5, 5.41) is 9.02. The molecule has 1 rings (SSSR count). The van der Waals surface area contributed by atoms with E-state index in [1.807, 2.05) is 4.90 Å². The van der Waals surface area contributed by atoms with Gasteiger partial charge in [-0.3, -0.25) is 9.69 Å². The van der Waals surface area contributed by atoms with Crippen LogP contribution in [0.5, 0.6) is 0 Å². The number of hydrogen-bond donors (Lipinski definition) is 1. The molecule has 2 unspecified atom stereocenters. The molecule has 102 valence electrons. The monoisotopic (exact) mass is 251 g/mol. The lowest BCUT2D eigenvalue weighted by Crippen LogP contribution is -2.48. The van der Waals surface area contributed by atoms with Gasteiger partial charge in [-0.2, -0.15) is 0 Å². The van der Waals surface area contributed by atoms with Gasteiger partial charge in [0.25, 0.3) is 0 Å². The minimum atomic E-state index is -0.788. The van der Waals surface area contributed by atoms with Gasteiger partial charge in [-0.1, -0.05) is 39.5 Å². The molecule has 0 aliphatic heterocycles. The second-order valence-electron chi connectivity index (χ2n) is 6.33. The van der Waals surface area contributed by atoms with Gasteiger partial charge in [0, 0.05) is 6.04 Å². The van der Waals surface area contributed by atoms with E-state index in [9.17, 15) is 4.79 Å². The molecule has 1 saturated carbocycles. The molecule has 0 saturated heterocycles. The average Bonchev–Trinajstić information content (AvgIpc) is 2.27. The van der Waals surface area contributed by atoms with Crippen molar-refractivity contribution < 1.29 is 9.90 Å². The van der Waals surface area contributed by atoms with Gasteiger partial charge in [0.05, 0.1) is 13.1 Å². The number of rotatable bonds is 4. The molecule has 1 N–H and O–H groups in total. The second kappa shape index (κ2) is 6.24. The number of carboxylic acids is 1. The Kier molecular flexibility index (Phi) is 5.22. The summed E-state index contributed by atoms with van der Waals surface area (Å²) in [5.41, 5.74) is 0.205. The first-order valence-electron chi connectivity index (χ1n) is 6.75. The van der Waals surface area contributed by atoms with E-state index in [-0.39, 0.29) is 12.0 Å². The van der Waals surface area contributed by atoms with Crippen molar-refractivity contribution in [3.8, 4) is 12.3 Å². The number of terminal acetylenes is 1. The minimum Gasteiger partial charge on any atom is -0.480 e. The van der Waals surface area contributed by atoms with Crippen LogP contribution >= 0.6 is 0 Å². The first-order chi connectivity index (χ1) is 8.36. The predicted octanol–water partition coefficient (Wildman–Crippen LogP) is 2.61. The van der Waals surface area contributed by atoms with E-state index in [2.05, 4.69) is 26.7 Å². The number of carbonyl (C=O) groups is 1. The van der Waals surface area contributed by atoms with E-state index in [0.29, 0.717) is 18.5 Å². The van der Waals surface area contributed by atoms with Crippen LogP contribution in [0.25, 0.3) is 0 Å². The topological polar surface area (TPSA) is 40.5 Å². The SMILES string of the molecule is C#CCN(CC(=O)O)C1CCCCC1C(C)(C)C. The largest absolute Gasteiger partial charge is 0.480 e. The van der Waals surface area contributed by atoms with E-state index in [4.69, 9.17) is 11.5 Å². The Morgan fingerprint density at radius 1 is 1.39 bits per heavy atom. The van der Waals surface area contributed by atoms with Crippen LogP contribution in [-0.2, 0) is 4.79 Å². The van der Waals surface area contributed by atoms with Gasteiger partial charge < -0.3 is 5.11 Å². The zero-order valence-electron chi connectivity index (χ0n) is 11.8. The smallest absolute Gasteiger partial charge is 0.317 e. The van der Waals surface area contributed by atoms with Crippen molar-refractivity contribution in [3.63, 3.8) is 0 Å². The molecule has 0 aromatic rings. The van der Waals surface area contributed by atoms with Crippen molar-refractivity contribution in [3.05, 3.63) is 0 Å². The zero-order valence-corrected chi connectivity index (χ0v) is 11.8. The predicted molar refractivity (Wildman–Crippen MR) is 73.2 cm³/mol. The minimum absolute atomic E-state index is 0.0570. The van der Waals surface area contributed by atoms with E-state index >= 15 is 0 Å². The van der Waals surface area contributed by atoms with Gasteiger partial charge in [0.15, 0.2) is 0 Å². The number of aliphatic carboxylic acids is 1. The Morgan fingerprint density at radius 2 is 2.00 bits per heavy atom. The van der Waals surface area contributed by atoms with Gasteiger partial charge in [-0.05, 0) is 24.2 Å². The third-order valence-corrected chi connectivity index (χ3v) is 3.94. The summed E-state index contributed by atoms with van der Waals surface area (Å²) in [7, 11) is 0. The van der Waals surface area contributed by atoms with Crippen LogP contribution in [0.1, 0.15) is 46.5 Å². The number of hydrogen-bond acceptors (Lipinski definition) is 2. The molecule has 3 nitrogen and oxygen atoms in total. The fraction of sp³-hybridized carbons (Fsp3) is 0.800. The molecular formula is C15H25NO2. The van der Waals surface area contributed by atoms with Crippen LogP contribution in [0.2, 0.25) is 0 Å². The third kappa shape index (κ3) is 4.03. The maximum absolute atomic E-state index is 11.0.